The maximum Gasteiger partial charge on any atom is 0.278 e. The fraction of sp³-hybridized carbons (Fsp3) is 0.267. The number of nitrogens with zero attached hydrogens (tertiary/aromatic N) is 2. The van der Waals surface area contributed by atoms with Gasteiger partial charge in [0.2, 0.25) is 5.91 Å². The van der Waals surface area contributed by atoms with E-state index < -0.39 is 5.82 Å². The number of hydrogen-bond donors (Lipinski definition) is 2. The highest BCUT2D eigenvalue weighted by molar-refractivity contribution is 6.04. The lowest BCUT2D eigenvalue weighted by Gasteiger charge is -2.09. The summed E-state index contributed by atoms with van der Waals surface area (Å²) in [6, 6.07) is 4.19. The van der Waals surface area contributed by atoms with Gasteiger partial charge in [0, 0.05) is 16.9 Å². The summed E-state index contributed by atoms with van der Waals surface area (Å²) in [6.45, 7) is 3.58. The predicted molar refractivity (Wildman–Crippen MR) is 81.1 cm³/mol. The zero-order chi connectivity index (χ0) is 15.9. The molecule has 0 saturated heterocycles. The lowest BCUT2D eigenvalue weighted by atomic mass is 10.2. The first-order chi connectivity index (χ1) is 10.5. The van der Waals surface area contributed by atoms with E-state index in [-0.39, 0.29) is 29.6 Å². The molecule has 114 valence electrons. The Morgan fingerprint density at radius 1 is 1.45 bits per heavy atom. The summed E-state index contributed by atoms with van der Waals surface area (Å²) < 4.78 is 14.6. The molecule has 2 aromatic heterocycles. The third-order valence-electron chi connectivity index (χ3n) is 3.30. The first-order valence-electron chi connectivity index (χ1n) is 6.91. The van der Waals surface area contributed by atoms with Crippen LogP contribution in [0.15, 0.2) is 29.3 Å². The van der Waals surface area contributed by atoms with E-state index in [1.54, 1.807) is 6.07 Å². The quantitative estimate of drug-likeness (QED) is 0.770. The van der Waals surface area contributed by atoms with Gasteiger partial charge in [0.1, 0.15) is 23.4 Å². The van der Waals surface area contributed by atoms with Gasteiger partial charge in [-0.1, -0.05) is 0 Å². The Hall–Kier alpha value is -2.70. The Balaban J connectivity index is 2.08. The van der Waals surface area contributed by atoms with Gasteiger partial charge < -0.3 is 10.3 Å². The van der Waals surface area contributed by atoms with Crippen LogP contribution in [-0.2, 0) is 11.3 Å². The zero-order valence-electron chi connectivity index (χ0n) is 12.2. The molecule has 1 amide bonds. The lowest BCUT2D eigenvalue weighted by molar-refractivity contribution is -0.122. The molecule has 0 radical (unpaired) electrons. The number of carbonyl (C=O) groups is 1. The van der Waals surface area contributed by atoms with E-state index in [1.165, 1.54) is 23.0 Å². The van der Waals surface area contributed by atoms with Crippen LogP contribution in [0.4, 0.5) is 4.39 Å². The summed E-state index contributed by atoms with van der Waals surface area (Å²) in [5, 5.41) is 3.26. The van der Waals surface area contributed by atoms with Crippen LogP contribution in [0.5, 0.6) is 0 Å². The molecule has 7 heteroatoms. The van der Waals surface area contributed by atoms with Crippen LogP contribution in [0.1, 0.15) is 13.8 Å². The summed E-state index contributed by atoms with van der Waals surface area (Å²) in [7, 11) is 0. The van der Waals surface area contributed by atoms with E-state index in [4.69, 9.17) is 0 Å². The second kappa shape index (κ2) is 5.25. The minimum absolute atomic E-state index is 0.00376. The fourth-order valence-corrected chi connectivity index (χ4v) is 2.40. The summed E-state index contributed by atoms with van der Waals surface area (Å²) in [6.07, 6.45) is 1.31. The van der Waals surface area contributed by atoms with E-state index in [1.807, 2.05) is 13.8 Å². The molecule has 0 atom stereocenters. The second-order valence-electron chi connectivity index (χ2n) is 5.44. The van der Waals surface area contributed by atoms with Gasteiger partial charge in [-0.25, -0.2) is 9.37 Å². The van der Waals surface area contributed by atoms with Crippen LogP contribution in [-0.4, -0.2) is 26.5 Å². The molecule has 0 aliphatic heterocycles. The topological polar surface area (TPSA) is 79.8 Å². The molecule has 3 aromatic rings. The molecular formula is C15H15FN4O2. The SMILES string of the molecule is CC(C)NC(=O)Cn1cnc2c([nH]c3ccc(F)cc32)c1=O. The molecule has 2 N–H and O–H groups in total. The largest absolute Gasteiger partial charge is 0.352 e. The number of hydrogen-bond acceptors (Lipinski definition) is 3. The van der Waals surface area contributed by atoms with Crippen LogP contribution in [0.2, 0.25) is 0 Å². The van der Waals surface area contributed by atoms with Crippen molar-refractivity contribution in [2.75, 3.05) is 0 Å². The Kier molecular flexibility index (Phi) is 3.40. The minimum Gasteiger partial charge on any atom is -0.352 e. The third-order valence-corrected chi connectivity index (χ3v) is 3.30. The molecule has 0 aliphatic rings. The summed E-state index contributed by atoms with van der Waals surface area (Å²) in [4.78, 5) is 31.3. The molecule has 0 aliphatic carbocycles. The number of halogens is 1. The van der Waals surface area contributed by atoms with E-state index >= 15 is 0 Å². The van der Waals surface area contributed by atoms with Crippen molar-refractivity contribution in [2.45, 2.75) is 26.4 Å². The fourth-order valence-electron chi connectivity index (χ4n) is 2.40. The molecule has 1 aromatic carbocycles. The summed E-state index contributed by atoms with van der Waals surface area (Å²) >= 11 is 0. The van der Waals surface area contributed by atoms with Gasteiger partial charge in [0.15, 0.2) is 0 Å². The van der Waals surface area contributed by atoms with Crippen molar-refractivity contribution < 1.29 is 9.18 Å². The van der Waals surface area contributed by atoms with Crippen LogP contribution < -0.4 is 10.9 Å². The monoisotopic (exact) mass is 302 g/mol. The molecule has 0 bridgehead atoms. The standard InChI is InChI=1S/C15H15FN4O2/c1-8(2)18-12(21)6-20-7-17-13-10-5-9(16)3-4-11(10)19-14(13)15(20)22/h3-5,7-8,19H,6H2,1-2H3,(H,18,21). The minimum atomic E-state index is -0.393. The first-order valence-corrected chi connectivity index (χ1v) is 6.91. The maximum atomic E-state index is 13.3. The number of carbonyl (C=O) groups excluding carboxylic acids is 1. The highest BCUT2D eigenvalue weighted by Crippen LogP contribution is 2.21. The lowest BCUT2D eigenvalue weighted by Crippen LogP contribution is -2.36. The third kappa shape index (κ3) is 2.45. The smallest absolute Gasteiger partial charge is 0.278 e. The Labute approximate surface area is 125 Å². The number of aromatic nitrogens is 3. The average Bonchev–Trinajstić information content (AvgIpc) is 2.80. The van der Waals surface area contributed by atoms with Crippen molar-refractivity contribution in [1.82, 2.24) is 19.9 Å². The average molecular weight is 302 g/mol. The highest BCUT2D eigenvalue weighted by atomic mass is 19.1. The molecule has 3 rings (SSSR count). The van der Waals surface area contributed by atoms with Crippen LogP contribution >= 0.6 is 0 Å². The van der Waals surface area contributed by atoms with Gasteiger partial charge in [-0.05, 0) is 32.0 Å². The van der Waals surface area contributed by atoms with E-state index in [9.17, 15) is 14.0 Å². The first kappa shape index (κ1) is 14.2. The predicted octanol–water partition coefficient (Wildman–Crippen LogP) is 1.54. The van der Waals surface area contributed by atoms with Gasteiger partial charge in [-0.2, -0.15) is 0 Å². The number of rotatable bonds is 3. The van der Waals surface area contributed by atoms with Gasteiger partial charge in [-0.3, -0.25) is 14.2 Å². The second-order valence-corrected chi connectivity index (χ2v) is 5.44. The molecule has 6 nitrogen and oxygen atoms in total. The van der Waals surface area contributed by atoms with Crippen LogP contribution in [0, 0.1) is 5.82 Å². The van der Waals surface area contributed by atoms with Crippen molar-refractivity contribution in [3.63, 3.8) is 0 Å². The molecule has 0 saturated carbocycles. The van der Waals surface area contributed by atoms with Gasteiger partial charge >= 0.3 is 0 Å². The van der Waals surface area contributed by atoms with Crippen molar-refractivity contribution in [3.05, 3.63) is 40.7 Å². The van der Waals surface area contributed by atoms with Crippen LogP contribution in [0.3, 0.4) is 0 Å². The van der Waals surface area contributed by atoms with Gasteiger partial charge in [0.25, 0.3) is 5.56 Å². The highest BCUT2D eigenvalue weighted by Gasteiger charge is 2.13. The number of H-pyrrole nitrogens is 1. The molecule has 2 heterocycles. The van der Waals surface area contributed by atoms with E-state index in [2.05, 4.69) is 15.3 Å². The molecule has 0 fully saturated rings. The number of nitrogens with one attached hydrogen (secondary N) is 2. The maximum absolute atomic E-state index is 13.3. The van der Waals surface area contributed by atoms with Crippen LogP contribution in [0.25, 0.3) is 21.9 Å². The van der Waals surface area contributed by atoms with E-state index in [0.717, 1.165) is 0 Å². The van der Waals surface area contributed by atoms with Crippen molar-refractivity contribution in [2.24, 2.45) is 0 Å². The Bertz CT molecular complexity index is 926. The van der Waals surface area contributed by atoms with E-state index in [0.29, 0.717) is 16.4 Å². The molecule has 0 spiro atoms. The number of aromatic amines is 1. The van der Waals surface area contributed by atoms with Gasteiger partial charge in [-0.15, -0.1) is 0 Å². The van der Waals surface area contributed by atoms with Crippen molar-refractivity contribution in [3.8, 4) is 0 Å². The van der Waals surface area contributed by atoms with Crippen molar-refractivity contribution in [1.29, 1.82) is 0 Å². The Morgan fingerprint density at radius 3 is 2.95 bits per heavy atom. The molecular weight excluding hydrogens is 287 g/mol. The number of benzene rings is 1. The number of amides is 1. The Morgan fingerprint density at radius 2 is 2.23 bits per heavy atom. The number of fused-ring (bicyclic) bond motifs is 3. The van der Waals surface area contributed by atoms with Crippen molar-refractivity contribution >= 4 is 27.8 Å². The normalized spacial score (nSPS) is 11.5. The molecule has 22 heavy (non-hydrogen) atoms. The zero-order valence-corrected chi connectivity index (χ0v) is 12.2. The summed E-state index contributed by atoms with van der Waals surface area (Å²) in [5.41, 5.74) is 0.936. The van der Waals surface area contributed by atoms with Gasteiger partial charge in [0.05, 0.1) is 6.33 Å². The summed E-state index contributed by atoms with van der Waals surface area (Å²) in [5.74, 6) is -0.656. The molecule has 0 unspecified atom stereocenters.